The summed E-state index contributed by atoms with van der Waals surface area (Å²) in [4.78, 5) is 13.5. The van der Waals surface area contributed by atoms with E-state index in [4.69, 9.17) is 11.6 Å². The Balaban J connectivity index is 1.40. The van der Waals surface area contributed by atoms with Crippen molar-refractivity contribution in [3.05, 3.63) is 23.8 Å². The van der Waals surface area contributed by atoms with Crippen LogP contribution >= 0.6 is 11.6 Å². The van der Waals surface area contributed by atoms with E-state index in [-0.39, 0.29) is 15.7 Å². The average Bonchev–Trinajstić information content (AvgIpc) is 2.68. The Bertz CT molecular complexity index is 957. The number of halogens is 1. The molecule has 4 bridgehead atoms. The molecule has 1 aromatic carbocycles. The van der Waals surface area contributed by atoms with Gasteiger partial charge in [-0.1, -0.05) is 12.5 Å². The normalized spacial score (nSPS) is 36.1. The molecule has 1 aromatic rings. The van der Waals surface area contributed by atoms with Gasteiger partial charge in [0.15, 0.2) is 0 Å². The van der Waals surface area contributed by atoms with Crippen molar-refractivity contribution < 1.29 is 13.2 Å². The molecule has 164 valence electrons. The Morgan fingerprint density at radius 1 is 1.10 bits per heavy atom. The molecule has 1 saturated heterocycles. The third-order valence-corrected chi connectivity index (χ3v) is 10.2. The molecule has 1 aliphatic heterocycles. The topological polar surface area (TPSA) is 66.5 Å². The molecule has 2 atom stereocenters. The zero-order valence-electron chi connectivity index (χ0n) is 17.6. The van der Waals surface area contributed by atoms with Crippen LogP contribution in [0.5, 0.6) is 0 Å². The van der Waals surface area contributed by atoms with Crippen LogP contribution in [0.15, 0.2) is 23.1 Å². The Hall–Kier alpha value is -1.11. The van der Waals surface area contributed by atoms with Crippen LogP contribution in [0.1, 0.15) is 63.4 Å². The average molecular weight is 451 g/mol. The monoisotopic (exact) mass is 450 g/mol. The van der Waals surface area contributed by atoms with E-state index < -0.39 is 15.4 Å². The van der Waals surface area contributed by atoms with E-state index in [0.29, 0.717) is 30.6 Å². The number of rotatable bonds is 4. The van der Waals surface area contributed by atoms with Gasteiger partial charge in [0.05, 0.1) is 10.3 Å². The molecule has 2 unspecified atom stereocenters. The first-order valence-corrected chi connectivity index (χ1v) is 13.1. The first-order valence-electron chi connectivity index (χ1n) is 11.3. The second-order valence-electron chi connectivity index (χ2n) is 10.3. The zero-order chi connectivity index (χ0) is 21.1. The lowest BCUT2D eigenvalue weighted by Crippen LogP contribution is -2.57. The highest BCUT2D eigenvalue weighted by atomic mass is 35.5. The van der Waals surface area contributed by atoms with Gasteiger partial charge in [0.25, 0.3) is 0 Å². The molecular formula is C23H31ClN2O3S. The highest BCUT2D eigenvalue weighted by Crippen LogP contribution is 2.64. The van der Waals surface area contributed by atoms with Crippen molar-refractivity contribution in [3.63, 3.8) is 0 Å². The molecular weight excluding hydrogens is 420 g/mol. The van der Waals surface area contributed by atoms with Gasteiger partial charge in [0, 0.05) is 23.7 Å². The molecule has 5 nitrogen and oxygen atoms in total. The quantitative estimate of drug-likeness (QED) is 0.677. The number of hydrogen-bond acceptors (Lipinski definition) is 3. The number of alkyl halides is 1. The fourth-order valence-corrected chi connectivity index (χ4v) is 9.06. The molecule has 5 fully saturated rings. The molecule has 0 aromatic heterocycles. The number of benzene rings is 1. The van der Waals surface area contributed by atoms with E-state index >= 15 is 0 Å². The second-order valence-corrected chi connectivity index (χ2v) is 13.0. The predicted molar refractivity (Wildman–Crippen MR) is 118 cm³/mol. The van der Waals surface area contributed by atoms with E-state index in [1.54, 1.807) is 22.5 Å². The summed E-state index contributed by atoms with van der Waals surface area (Å²) < 4.78 is 27.8. The molecule has 30 heavy (non-hydrogen) atoms. The molecule has 7 heteroatoms. The summed E-state index contributed by atoms with van der Waals surface area (Å²) in [6.07, 6.45) is 8.71. The Morgan fingerprint density at radius 3 is 2.40 bits per heavy atom. The number of sulfonamides is 1. The summed E-state index contributed by atoms with van der Waals surface area (Å²) >= 11 is 6.91. The highest BCUT2D eigenvalue weighted by molar-refractivity contribution is 7.89. The van der Waals surface area contributed by atoms with Crippen molar-refractivity contribution in [1.82, 2.24) is 4.31 Å². The van der Waals surface area contributed by atoms with E-state index in [0.717, 1.165) is 56.9 Å². The van der Waals surface area contributed by atoms with E-state index in [9.17, 15) is 13.2 Å². The number of piperidine rings is 1. The molecule has 1 heterocycles. The van der Waals surface area contributed by atoms with Crippen LogP contribution in [0, 0.1) is 24.2 Å². The largest absolute Gasteiger partial charge is 0.325 e. The third-order valence-electron chi connectivity index (χ3n) is 7.88. The van der Waals surface area contributed by atoms with Crippen molar-refractivity contribution in [1.29, 1.82) is 0 Å². The summed E-state index contributed by atoms with van der Waals surface area (Å²) in [7, 11) is -3.53. The lowest BCUT2D eigenvalue weighted by Gasteiger charge is -2.59. The SMILES string of the molecule is Cc1ccc(S(=O)(=O)N2CCCCC2)cc1NC(=O)C12CC3CC(CC(Cl)(C3)C1)C2. The van der Waals surface area contributed by atoms with E-state index in [1.165, 1.54) is 6.42 Å². The summed E-state index contributed by atoms with van der Waals surface area (Å²) in [6.45, 7) is 3.05. The molecule has 4 aliphatic carbocycles. The van der Waals surface area contributed by atoms with Gasteiger partial charge in [-0.15, -0.1) is 11.6 Å². The summed E-state index contributed by atoms with van der Waals surface area (Å²) in [5, 5.41) is 3.12. The summed E-state index contributed by atoms with van der Waals surface area (Å²) in [6, 6.07) is 5.11. The number of carbonyl (C=O) groups is 1. The Kier molecular flexibility index (Phi) is 4.99. The van der Waals surface area contributed by atoms with Crippen molar-refractivity contribution >= 4 is 33.2 Å². The highest BCUT2D eigenvalue weighted by Gasteiger charge is 2.60. The maximum Gasteiger partial charge on any atom is 0.243 e. The Morgan fingerprint density at radius 2 is 1.77 bits per heavy atom. The number of hydrogen-bond donors (Lipinski definition) is 1. The molecule has 6 rings (SSSR count). The van der Waals surface area contributed by atoms with E-state index in [2.05, 4.69) is 5.32 Å². The first kappa shape index (κ1) is 20.8. The second kappa shape index (κ2) is 7.21. The predicted octanol–water partition coefficient (Wildman–Crippen LogP) is 4.69. The van der Waals surface area contributed by atoms with Gasteiger partial charge in [0.1, 0.15) is 0 Å². The minimum atomic E-state index is -3.53. The van der Waals surface area contributed by atoms with Gasteiger partial charge in [-0.2, -0.15) is 4.31 Å². The number of aryl methyl sites for hydroxylation is 1. The van der Waals surface area contributed by atoms with Crippen LogP contribution in [0.2, 0.25) is 0 Å². The zero-order valence-corrected chi connectivity index (χ0v) is 19.2. The van der Waals surface area contributed by atoms with Gasteiger partial charge >= 0.3 is 0 Å². The summed E-state index contributed by atoms with van der Waals surface area (Å²) in [5.41, 5.74) is 1.09. The van der Waals surface area contributed by atoms with Crippen LogP contribution in [0.4, 0.5) is 5.69 Å². The van der Waals surface area contributed by atoms with Crippen molar-refractivity contribution in [2.45, 2.75) is 74.5 Å². The third kappa shape index (κ3) is 3.49. The van der Waals surface area contributed by atoms with Crippen molar-refractivity contribution in [3.8, 4) is 0 Å². The van der Waals surface area contributed by atoms with Crippen LogP contribution in [0.25, 0.3) is 0 Å². The number of nitrogens with one attached hydrogen (secondary N) is 1. The molecule has 0 spiro atoms. The molecule has 0 radical (unpaired) electrons. The lowest BCUT2D eigenvalue weighted by atomic mass is 9.49. The van der Waals surface area contributed by atoms with Gasteiger partial charge in [0.2, 0.25) is 15.9 Å². The van der Waals surface area contributed by atoms with Crippen LogP contribution in [-0.2, 0) is 14.8 Å². The minimum absolute atomic E-state index is 0.0252. The fourth-order valence-electron chi connectivity index (χ4n) is 6.82. The molecule has 1 N–H and O–H groups in total. The number of amides is 1. The molecule has 5 aliphatic rings. The standard InChI is InChI=1S/C23H31ClN2O3S/c1-16-5-6-19(30(28,29)26-7-3-2-4-8-26)10-20(16)25-21(27)22-11-17-9-18(12-22)14-23(24,13-17)15-22/h5-6,10,17-18H,2-4,7-9,11-15H2,1H3,(H,25,27). The van der Waals surface area contributed by atoms with Crippen LogP contribution in [0.3, 0.4) is 0 Å². The van der Waals surface area contributed by atoms with Crippen molar-refractivity contribution in [2.75, 3.05) is 18.4 Å². The van der Waals surface area contributed by atoms with Gasteiger partial charge in [-0.25, -0.2) is 8.42 Å². The van der Waals surface area contributed by atoms with Crippen molar-refractivity contribution in [2.24, 2.45) is 17.3 Å². The maximum absolute atomic E-state index is 13.5. The minimum Gasteiger partial charge on any atom is -0.325 e. The van der Waals surface area contributed by atoms with E-state index in [1.807, 2.05) is 6.92 Å². The molecule has 1 amide bonds. The smallest absolute Gasteiger partial charge is 0.243 e. The first-order chi connectivity index (χ1) is 14.2. The lowest BCUT2D eigenvalue weighted by molar-refractivity contribution is -0.138. The summed E-state index contributed by atoms with van der Waals surface area (Å²) in [5.74, 6) is 1.11. The van der Waals surface area contributed by atoms with Gasteiger partial charge in [-0.05, 0) is 87.8 Å². The Labute approximate surface area is 184 Å². The number of nitrogens with zero attached hydrogens (tertiary/aromatic N) is 1. The number of anilines is 1. The van der Waals surface area contributed by atoms with Gasteiger partial charge in [-0.3, -0.25) is 4.79 Å². The maximum atomic E-state index is 13.5. The molecule has 4 saturated carbocycles. The van der Waals surface area contributed by atoms with Crippen LogP contribution < -0.4 is 5.32 Å². The number of carbonyl (C=O) groups excluding carboxylic acids is 1. The van der Waals surface area contributed by atoms with Crippen LogP contribution in [-0.4, -0.2) is 36.6 Å². The fraction of sp³-hybridized carbons (Fsp3) is 0.696. The van der Waals surface area contributed by atoms with Gasteiger partial charge < -0.3 is 5.32 Å².